The first-order valence-electron chi connectivity index (χ1n) is 10.5. The van der Waals surface area contributed by atoms with E-state index in [-0.39, 0.29) is 17.0 Å². The summed E-state index contributed by atoms with van der Waals surface area (Å²) in [5.41, 5.74) is 2.72. The molecule has 1 fully saturated rings. The standard InChI is InChI=1S/C25H21Cl2N3O2S/c1-15-6-5-7-16(2)22(15)30-24(32)21(12-17-8-9-18(26)13-20(17)27)33-25(30)19(14-28)23(31)29-10-3-4-11-29/h5-9,12-13H,3-4,10-11H2,1-2H3/b21-12-,25-19-. The number of hydrogen-bond acceptors (Lipinski definition) is 4. The van der Waals surface area contributed by atoms with E-state index in [1.54, 1.807) is 29.2 Å². The fourth-order valence-corrected chi connectivity index (χ4v) is 5.57. The number of aromatic nitrogens is 1. The van der Waals surface area contributed by atoms with Crippen LogP contribution in [0.4, 0.5) is 0 Å². The molecular formula is C25H21Cl2N3O2S. The molecule has 0 atom stereocenters. The van der Waals surface area contributed by atoms with Crippen molar-refractivity contribution in [2.45, 2.75) is 26.7 Å². The largest absolute Gasteiger partial charge is 0.338 e. The number of rotatable bonds is 3. The lowest BCUT2D eigenvalue weighted by atomic mass is 10.1. The van der Waals surface area contributed by atoms with Gasteiger partial charge in [-0.3, -0.25) is 14.2 Å². The van der Waals surface area contributed by atoms with E-state index in [1.165, 1.54) is 4.57 Å². The Bertz CT molecular complexity index is 1450. The molecular weight excluding hydrogens is 477 g/mol. The van der Waals surface area contributed by atoms with Gasteiger partial charge in [0, 0.05) is 23.1 Å². The van der Waals surface area contributed by atoms with Crippen molar-refractivity contribution >= 4 is 52.1 Å². The normalized spacial score (nSPS) is 15.0. The number of hydrogen-bond donors (Lipinski definition) is 0. The molecule has 2 heterocycles. The number of carbonyl (C=O) groups excluding carboxylic acids is 1. The van der Waals surface area contributed by atoms with Crippen molar-refractivity contribution in [1.82, 2.24) is 9.47 Å². The first-order chi connectivity index (χ1) is 15.8. The number of carbonyl (C=O) groups is 1. The Morgan fingerprint density at radius 1 is 1.12 bits per heavy atom. The Morgan fingerprint density at radius 3 is 2.39 bits per heavy atom. The van der Waals surface area contributed by atoms with Gasteiger partial charge in [-0.05, 0) is 61.6 Å². The van der Waals surface area contributed by atoms with Gasteiger partial charge in [-0.15, -0.1) is 11.3 Å². The maximum absolute atomic E-state index is 13.7. The van der Waals surface area contributed by atoms with Gasteiger partial charge in [0.15, 0.2) is 5.57 Å². The maximum Gasteiger partial charge on any atom is 0.273 e. The molecule has 0 radical (unpaired) electrons. The van der Waals surface area contributed by atoms with Crippen LogP contribution in [0.25, 0.3) is 17.3 Å². The van der Waals surface area contributed by atoms with Crippen molar-refractivity contribution in [3.63, 3.8) is 0 Å². The van der Waals surface area contributed by atoms with Crippen molar-refractivity contribution in [3.05, 3.63) is 82.7 Å². The van der Waals surface area contributed by atoms with Gasteiger partial charge in [0.05, 0.1) is 10.2 Å². The molecule has 0 unspecified atom stereocenters. The molecule has 0 spiro atoms. The highest BCUT2D eigenvalue weighted by Gasteiger charge is 2.25. The number of nitriles is 1. The zero-order valence-electron chi connectivity index (χ0n) is 18.2. The van der Waals surface area contributed by atoms with Crippen LogP contribution in [0.5, 0.6) is 0 Å². The van der Waals surface area contributed by atoms with Crippen molar-refractivity contribution in [2.24, 2.45) is 0 Å². The fourth-order valence-electron chi connectivity index (χ4n) is 4.04. The minimum absolute atomic E-state index is 0.0245. The number of benzene rings is 2. The Balaban J connectivity index is 2.09. The molecule has 0 saturated carbocycles. The van der Waals surface area contributed by atoms with Gasteiger partial charge in [0.2, 0.25) is 0 Å². The molecule has 2 aromatic carbocycles. The molecule has 5 nitrogen and oxygen atoms in total. The maximum atomic E-state index is 13.7. The lowest BCUT2D eigenvalue weighted by Gasteiger charge is -2.15. The van der Waals surface area contributed by atoms with E-state index < -0.39 is 0 Å². The third-order valence-electron chi connectivity index (χ3n) is 5.67. The number of nitrogens with zero attached hydrogens (tertiary/aromatic N) is 3. The van der Waals surface area contributed by atoms with Crippen LogP contribution in [0.2, 0.25) is 10.0 Å². The number of halogens is 2. The smallest absolute Gasteiger partial charge is 0.273 e. The summed E-state index contributed by atoms with van der Waals surface area (Å²) >= 11 is 13.5. The summed E-state index contributed by atoms with van der Waals surface area (Å²) in [6, 6.07) is 12.9. The van der Waals surface area contributed by atoms with Crippen LogP contribution in [0.15, 0.2) is 41.2 Å². The first-order valence-corrected chi connectivity index (χ1v) is 12.1. The summed E-state index contributed by atoms with van der Waals surface area (Å²) < 4.78 is 2.20. The molecule has 168 valence electrons. The van der Waals surface area contributed by atoms with E-state index in [2.05, 4.69) is 6.07 Å². The van der Waals surface area contributed by atoms with E-state index in [4.69, 9.17) is 23.2 Å². The van der Waals surface area contributed by atoms with Crippen LogP contribution in [-0.4, -0.2) is 28.5 Å². The molecule has 3 aromatic rings. The van der Waals surface area contributed by atoms with Gasteiger partial charge in [-0.2, -0.15) is 5.26 Å². The minimum Gasteiger partial charge on any atom is -0.338 e. The second-order valence-electron chi connectivity index (χ2n) is 7.95. The number of likely N-dealkylation sites (tertiary alicyclic amines) is 1. The lowest BCUT2D eigenvalue weighted by Crippen LogP contribution is -2.35. The number of thiazole rings is 1. The molecule has 1 amide bonds. The summed E-state index contributed by atoms with van der Waals surface area (Å²) in [5, 5.41) is 10.9. The zero-order chi connectivity index (χ0) is 23.7. The molecule has 1 aliphatic heterocycles. The van der Waals surface area contributed by atoms with Gasteiger partial charge >= 0.3 is 0 Å². The predicted octanol–water partition coefficient (Wildman–Crippen LogP) is 3.95. The van der Waals surface area contributed by atoms with Crippen molar-refractivity contribution < 1.29 is 4.79 Å². The highest BCUT2D eigenvalue weighted by molar-refractivity contribution is 7.07. The molecule has 1 aliphatic rings. The van der Waals surface area contributed by atoms with Gasteiger partial charge in [-0.1, -0.05) is 47.5 Å². The van der Waals surface area contributed by atoms with Crippen molar-refractivity contribution in [2.75, 3.05) is 13.1 Å². The Labute approximate surface area is 205 Å². The molecule has 1 aromatic heterocycles. The fraction of sp³-hybridized carbons (Fsp3) is 0.240. The van der Waals surface area contributed by atoms with Crippen LogP contribution in [-0.2, 0) is 4.79 Å². The van der Waals surface area contributed by atoms with Crippen molar-refractivity contribution in [1.29, 1.82) is 5.26 Å². The number of para-hydroxylation sites is 1. The Hall–Kier alpha value is -2.85. The lowest BCUT2D eigenvalue weighted by molar-refractivity contribution is -0.123. The summed E-state index contributed by atoms with van der Waals surface area (Å²) in [6.45, 7) is 5.04. The van der Waals surface area contributed by atoms with Crippen LogP contribution < -0.4 is 14.8 Å². The third-order valence-corrected chi connectivity index (χ3v) is 7.32. The van der Waals surface area contributed by atoms with E-state index in [0.717, 1.165) is 35.3 Å². The molecule has 0 N–H and O–H groups in total. The number of aryl methyl sites for hydroxylation is 2. The first kappa shape index (κ1) is 23.3. The van der Waals surface area contributed by atoms with Gasteiger partial charge in [-0.25, -0.2) is 0 Å². The van der Waals surface area contributed by atoms with Crippen molar-refractivity contribution in [3.8, 4) is 11.8 Å². The molecule has 4 rings (SSSR count). The zero-order valence-corrected chi connectivity index (χ0v) is 20.5. The van der Waals surface area contributed by atoms with Gasteiger partial charge < -0.3 is 4.90 Å². The SMILES string of the molecule is Cc1cccc(C)c1-n1c(=O)/c(=C/c2ccc(Cl)cc2Cl)s/c1=C(/C#N)C(=O)N1CCCC1. The average molecular weight is 498 g/mol. The molecule has 8 heteroatoms. The summed E-state index contributed by atoms with van der Waals surface area (Å²) in [4.78, 5) is 28.6. The number of amides is 1. The Morgan fingerprint density at radius 2 is 1.79 bits per heavy atom. The monoisotopic (exact) mass is 497 g/mol. The summed E-state index contributed by atoms with van der Waals surface area (Å²) in [6.07, 6.45) is 3.49. The van der Waals surface area contributed by atoms with E-state index in [1.807, 2.05) is 32.0 Å². The highest BCUT2D eigenvalue weighted by Crippen LogP contribution is 2.22. The van der Waals surface area contributed by atoms with Crippen LogP contribution in [0.1, 0.15) is 29.5 Å². The van der Waals surface area contributed by atoms with Gasteiger partial charge in [0.1, 0.15) is 10.7 Å². The second kappa shape index (κ2) is 9.56. The topological polar surface area (TPSA) is 66.1 Å². The van der Waals surface area contributed by atoms with E-state index in [9.17, 15) is 14.9 Å². The summed E-state index contributed by atoms with van der Waals surface area (Å²) in [7, 11) is 0. The average Bonchev–Trinajstić information content (AvgIpc) is 3.41. The van der Waals surface area contributed by atoms with Gasteiger partial charge in [0.25, 0.3) is 11.5 Å². The predicted molar refractivity (Wildman–Crippen MR) is 134 cm³/mol. The second-order valence-corrected chi connectivity index (χ2v) is 9.82. The summed E-state index contributed by atoms with van der Waals surface area (Å²) in [5.74, 6) is -0.340. The third kappa shape index (κ3) is 4.49. The quantitative estimate of drug-likeness (QED) is 0.550. The van der Waals surface area contributed by atoms with Crippen LogP contribution >= 0.6 is 34.5 Å². The minimum atomic E-state index is -0.340. The Kier molecular flexibility index (Phi) is 6.76. The molecule has 0 aliphatic carbocycles. The molecule has 33 heavy (non-hydrogen) atoms. The molecule has 0 bridgehead atoms. The molecule has 1 saturated heterocycles. The van der Waals surface area contributed by atoms with Crippen LogP contribution in [0, 0.1) is 25.2 Å². The van der Waals surface area contributed by atoms with E-state index >= 15 is 0 Å². The van der Waals surface area contributed by atoms with E-state index in [0.29, 0.717) is 43.6 Å². The van der Waals surface area contributed by atoms with Crippen LogP contribution in [0.3, 0.4) is 0 Å². The highest BCUT2D eigenvalue weighted by atomic mass is 35.5.